The van der Waals surface area contributed by atoms with Crippen molar-refractivity contribution in [3.8, 4) is 23.1 Å². The number of fused-ring (bicyclic) bond motifs is 2. The zero-order valence-electron chi connectivity index (χ0n) is 21.4. The molecule has 1 amide bonds. The number of methoxy groups -OCH3 is 1. The number of aromatic hydroxyl groups is 3. The van der Waals surface area contributed by atoms with Gasteiger partial charge in [0.05, 0.1) is 12.7 Å². The number of nitrogens with one attached hydrogen (secondary N) is 2. The summed E-state index contributed by atoms with van der Waals surface area (Å²) in [5.74, 6) is -2.14. The Morgan fingerprint density at radius 3 is 2.65 bits per heavy atom. The Kier molecular flexibility index (Phi) is 7.11. The number of phenols is 2. The number of rotatable bonds is 8. The van der Waals surface area contributed by atoms with Crippen LogP contribution in [0.25, 0.3) is 16.6 Å². The van der Waals surface area contributed by atoms with Crippen molar-refractivity contribution >= 4 is 22.5 Å². The number of carbonyl (C=O) groups excluding carboxylic acids is 1. The SMILES string of the molecule is COc1ccc2[nH]c(=O)c([C@@H](CC(=O)NCCc3ccc(O)c(O)c3)c3c(O)nc4ccccn4c3=O)cc2c1. The standard InChI is InChI=1S/C29H26N4O7/c1-40-18-6-7-21-17(13-18)14-20(27(37)31-21)19(26-28(38)32-24-4-2-3-11-33(24)29(26)39)15-25(36)30-10-9-16-5-8-22(34)23(35)12-16/h2-8,11-14,19,34-35,38H,9-10,15H2,1H3,(H,30,36)(H,31,37)/t19-/m1/s1. The van der Waals surface area contributed by atoms with E-state index >= 15 is 0 Å². The highest BCUT2D eigenvalue weighted by Crippen LogP contribution is 2.31. The molecular weight excluding hydrogens is 516 g/mol. The normalized spacial score (nSPS) is 11.9. The molecule has 204 valence electrons. The predicted octanol–water partition coefficient (Wildman–Crippen LogP) is 2.54. The van der Waals surface area contributed by atoms with Crippen molar-refractivity contribution in [1.82, 2.24) is 19.7 Å². The first-order valence-corrected chi connectivity index (χ1v) is 12.4. The minimum atomic E-state index is -1.13. The molecule has 0 bridgehead atoms. The second kappa shape index (κ2) is 10.8. The number of H-pyrrole nitrogens is 1. The summed E-state index contributed by atoms with van der Waals surface area (Å²) in [6.45, 7) is 0.183. The summed E-state index contributed by atoms with van der Waals surface area (Å²) in [5, 5.41) is 33.4. The van der Waals surface area contributed by atoms with E-state index in [0.717, 1.165) is 0 Å². The third-order valence-corrected chi connectivity index (χ3v) is 6.72. The zero-order chi connectivity index (χ0) is 28.4. The molecule has 0 saturated heterocycles. The van der Waals surface area contributed by atoms with Crippen LogP contribution >= 0.6 is 0 Å². The lowest BCUT2D eigenvalue weighted by molar-refractivity contribution is -0.121. The number of phenolic OH excluding ortho intramolecular Hbond substituents is 2. The van der Waals surface area contributed by atoms with Gasteiger partial charge in [-0.2, -0.15) is 4.98 Å². The number of pyridine rings is 2. The number of amides is 1. The fourth-order valence-electron chi connectivity index (χ4n) is 4.68. The highest BCUT2D eigenvalue weighted by molar-refractivity contribution is 5.82. The molecule has 11 heteroatoms. The first kappa shape index (κ1) is 26.3. The van der Waals surface area contributed by atoms with Gasteiger partial charge in [-0.3, -0.25) is 18.8 Å². The van der Waals surface area contributed by atoms with Crippen molar-refractivity contribution < 1.29 is 24.9 Å². The van der Waals surface area contributed by atoms with E-state index in [0.29, 0.717) is 28.6 Å². The van der Waals surface area contributed by atoms with E-state index in [1.807, 2.05) is 0 Å². The van der Waals surface area contributed by atoms with Crippen LogP contribution in [0, 0.1) is 0 Å². The molecule has 0 radical (unpaired) electrons. The van der Waals surface area contributed by atoms with Gasteiger partial charge in [0.2, 0.25) is 11.8 Å². The monoisotopic (exact) mass is 542 g/mol. The number of aromatic nitrogens is 3. The van der Waals surface area contributed by atoms with Crippen LogP contribution in [-0.4, -0.2) is 49.2 Å². The summed E-state index contributed by atoms with van der Waals surface area (Å²) in [5.41, 5.74) is 0.220. The van der Waals surface area contributed by atoms with Gasteiger partial charge >= 0.3 is 0 Å². The number of hydrogen-bond acceptors (Lipinski definition) is 8. The smallest absolute Gasteiger partial charge is 0.265 e. The highest BCUT2D eigenvalue weighted by atomic mass is 16.5. The Morgan fingerprint density at radius 2 is 1.88 bits per heavy atom. The minimum Gasteiger partial charge on any atom is -0.504 e. The molecule has 5 rings (SSSR count). The van der Waals surface area contributed by atoms with Gasteiger partial charge in [0.1, 0.15) is 11.4 Å². The van der Waals surface area contributed by atoms with Crippen LogP contribution < -0.4 is 21.2 Å². The Labute approximate surface area is 227 Å². The first-order valence-electron chi connectivity index (χ1n) is 12.4. The molecule has 3 heterocycles. The number of ether oxygens (including phenoxy) is 1. The summed E-state index contributed by atoms with van der Waals surface area (Å²) >= 11 is 0. The lowest BCUT2D eigenvalue weighted by atomic mass is 9.89. The lowest BCUT2D eigenvalue weighted by Crippen LogP contribution is -2.32. The molecule has 0 spiro atoms. The quantitative estimate of drug-likeness (QED) is 0.187. The van der Waals surface area contributed by atoms with E-state index in [-0.39, 0.29) is 41.2 Å². The van der Waals surface area contributed by atoms with Crippen LogP contribution in [0.3, 0.4) is 0 Å². The Bertz CT molecular complexity index is 1860. The first-order chi connectivity index (χ1) is 19.2. The molecule has 0 aliphatic heterocycles. The summed E-state index contributed by atoms with van der Waals surface area (Å²) in [6, 6.07) is 15.9. The van der Waals surface area contributed by atoms with Gasteiger partial charge in [0.15, 0.2) is 11.5 Å². The van der Waals surface area contributed by atoms with Crippen LogP contribution in [0.15, 0.2) is 76.4 Å². The number of hydrogen-bond donors (Lipinski definition) is 5. The molecule has 0 aliphatic carbocycles. The topological polar surface area (TPSA) is 166 Å². The summed E-state index contributed by atoms with van der Waals surface area (Å²) < 4.78 is 6.54. The number of nitrogens with zero attached hydrogens (tertiary/aromatic N) is 2. The molecule has 3 aromatic heterocycles. The van der Waals surface area contributed by atoms with Gasteiger partial charge in [-0.05, 0) is 60.5 Å². The van der Waals surface area contributed by atoms with Crippen LogP contribution in [0.2, 0.25) is 0 Å². The summed E-state index contributed by atoms with van der Waals surface area (Å²) in [7, 11) is 1.51. The molecule has 0 saturated carbocycles. The largest absolute Gasteiger partial charge is 0.504 e. The molecule has 2 aromatic carbocycles. The van der Waals surface area contributed by atoms with E-state index in [1.54, 1.807) is 48.5 Å². The van der Waals surface area contributed by atoms with E-state index in [9.17, 15) is 29.7 Å². The van der Waals surface area contributed by atoms with Crippen molar-refractivity contribution in [3.63, 3.8) is 0 Å². The molecule has 0 unspecified atom stereocenters. The predicted molar refractivity (Wildman–Crippen MR) is 147 cm³/mol. The average Bonchev–Trinajstić information content (AvgIpc) is 2.94. The van der Waals surface area contributed by atoms with Crippen molar-refractivity contribution in [1.29, 1.82) is 0 Å². The summed E-state index contributed by atoms with van der Waals surface area (Å²) in [6.07, 6.45) is 1.52. The molecule has 1 atom stereocenters. The van der Waals surface area contributed by atoms with Crippen molar-refractivity contribution in [2.24, 2.45) is 0 Å². The van der Waals surface area contributed by atoms with Gasteiger partial charge in [-0.15, -0.1) is 0 Å². The fraction of sp³-hybridized carbons (Fsp3) is 0.172. The molecule has 5 aromatic rings. The van der Waals surface area contributed by atoms with Crippen LogP contribution in [-0.2, 0) is 11.2 Å². The molecule has 5 N–H and O–H groups in total. The third kappa shape index (κ3) is 5.17. The maximum absolute atomic E-state index is 13.5. The Balaban J connectivity index is 1.53. The molecular formula is C29H26N4O7. The number of benzene rings is 2. The number of aromatic amines is 1. The lowest BCUT2D eigenvalue weighted by Gasteiger charge is -2.18. The Morgan fingerprint density at radius 1 is 1.05 bits per heavy atom. The van der Waals surface area contributed by atoms with E-state index in [1.165, 1.54) is 29.8 Å². The molecule has 40 heavy (non-hydrogen) atoms. The second-order valence-electron chi connectivity index (χ2n) is 9.27. The molecule has 0 fully saturated rings. The fourth-order valence-corrected chi connectivity index (χ4v) is 4.68. The van der Waals surface area contributed by atoms with Crippen molar-refractivity contribution in [2.75, 3.05) is 13.7 Å². The maximum Gasteiger partial charge on any atom is 0.265 e. The molecule has 11 nitrogen and oxygen atoms in total. The van der Waals surface area contributed by atoms with Crippen LogP contribution in [0.5, 0.6) is 23.1 Å². The minimum absolute atomic E-state index is 0.101. The maximum atomic E-state index is 13.5. The zero-order valence-corrected chi connectivity index (χ0v) is 21.4. The molecule has 0 aliphatic rings. The van der Waals surface area contributed by atoms with E-state index in [2.05, 4.69) is 15.3 Å². The van der Waals surface area contributed by atoms with Crippen LogP contribution in [0.4, 0.5) is 0 Å². The highest BCUT2D eigenvalue weighted by Gasteiger charge is 2.29. The summed E-state index contributed by atoms with van der Waals surface area (Å²) in [4.78, 5) is 46.8. The third-order valence-electron chi connectivity index (χ3n) is 6.72. The van der Waals surface area contributed by atoms with Gasteiger partial charge in [0.25, 0.3) is 11.1 Å². The van der Waals surface area contributed by atoms with Gasteiger partial charge in [-0.25, -0.2) is 0 Å². The van der Waals surface area contributed by atoms with Crippen LogP contribution in [0.1, 0.15) is 29.0 Å². The van der Waals surface area contributed by atoms with Gasteiger partial charge in [-0.1, -0.05) is 12.1 Å². The Hall–Kier alpha value is -5.32. The van der Waals surface area contributed by atoms with Crippen molar-refractivity contribution in [3.05, 3.63) is 104 Å². The second-order valence-corrected chi connectivity index (χ2v) is 9.27. The van der Waals surface area contributed by atoms with Gasteiger partial charge < -0.3 is 30.4 Å². The van der Waals surface area contributed by atoms with E-state index < -0.39 is 28.8 Å². The number of carbonyl (C=O) groups is 1. The van der Waals surface area contributed by atoms with Gasteiger partial charge in [0, 0.05) is 41.5 Å². The van der Waals surface area contributed by atoms with E-state index in [4.69, 9.17) is 4.74 Å². The van der Waals surface area contributed by atoms with Crippen molar-refractivity contribution in [2.45, 2.75) is 18.8 Å². The average molecular weight is 543 g/mol.